The number of unbranched alkanes of at least 4 members (excludes halogenated alkanes) is 3. The first-order chi connectivity index (χ1) is 25.9. The number of para-hydroxylation sites is 1. The molecule has 0 saturated heterocycles. The number of hydrogen-bond acceptors (Lipinski definition) is 4. The van der Waals surface area contributed by atoms with Crippen molar-refractivity contribution in [3.63, 3.8) is 0 Å². The molecule has 0 radical (unpaired) electrons. The predicted octanol–water partition coefficient (Wildman–Crippen LogP) is 13.0. The molecule has 0 atom stereocenters. The second-order valence-corrected chi connectivity index (χ2v) is 16.4. The van der Waals surface area contributed by atoms with Crippen LogP contribution in [0.25, 0.3) is 44.4 Å². The Labute approximate surface area is 320 Å². The first-order valence-corrected chi connectivity index (χ1v) is 19.6. The van der Waals surface area contributed by atoms with E-state index in [-0.39, 0.29) is 11.0 Å². The third-order valence-corrected chi connectivity index (χ3v) is 10.0. The minimum Gasteiger partial charge on any atom is -0.488 e. The van der Waals surface area contributed by atoms with Gasteiger partial charge in [0.05, 0.1) is 28.1 Å². The van der Waals surface area contributed by atoms with Crippen LogP contribution in [0.15, 0.2) is 109 Å². The van der Waals surface area contributed by atoms with Crippen molar-refractivity contribution in [3.8, 4) is 39.9 Å². The molecule has 3 heterocycles. The van der Waals surface area contributed by atoms with Crippen molar-refractivity contribution in [2.75, 3.05) is 0 Å². The van der Waals surface area contributed by atoms with Gasteiger partial charge in [0.1, 0.15) is 28.7 Å². The molecule has 0 aliphatic heterocycles. The van der Waals surface area contributed by atoms with Crippen LogP contribution in [0.2, 0.25) is 0 Å². The van der Waals surface area contributed by atoms with Crippen molar-refractivity contribution in [1.82, 2.24) is 19.3 Å². The topological polar surface area (TPSA) is 54.1 Å². The standard InChI is InChI=1S/C48H54N4O2/c1-9-11-12-13-21-43-46(33-22-24-34(25-23-33)47(3,4)5)41(10-2)50-52(43)35-17-16-18-36(30-35)53-37-26-27-40-39-19-14-15-20-42(39)51(44(40)31-37)45-32-38(28-29-49-45)54-48(6,7)8/h14-20,22-32H,9-13,21H2,1-8H3. The molecule has 6 nitrogen and oxygen atoms in total. The second kappa shape index (κ2) is 15.2. The van der Waals surface area contributed by atoms with Gasteiger partial charge >= 0.3 is 0 Å². The molecule has 278 valence electrons. The van der Waals surface area contributed by atoms with Crippen LogP contribution in [0.4, 0.5) is 0 Å². The van der Waals surface area contributed by atoms with Gasteiger partial charge in [-0.2, -0.15) is 5.10 Å². The van der Waals surface area contributed by atoms with E-state index in [4.69, 9.17) is 19.6 Å². The van der Waals surface area contributed by atoms with Crippen molar-refractivity contribution in [3.05, 3.63) is 126 Å². The Morgan fingerprint density at radius 3 is 2.17 bits per heavy atom. The normalized spacial score (nSPS) is 12.1. The van der Waals surface area contributed by atoms with E-state index in [9.17, 15) is 0 Å². The van der Waals surface area contributed by atoms with Gasteiger partial charge in [0.2, 0.25) is 0 Å². The Morgan fingerprint density at radius 1 is 0.667 bits per heavy atom. The molecular weight excluding hydrogens is 665 g/mol. The fraction of sp³-hybridized carbons (Fsp3) is 0.333. The smallest absolute Gasteiger partial charge is 0.141 e. The molecule has 4 aromatic carbocycles. The van der Waals surface area contributed by atoms with Crippen LogP contribution in [-0.2, 0) is 18.3 Å². The van der Waals surface area contributed by atoms with Gasteiger partial charge in [-0.1, -0.05) is 102 Å². The zero-order valence-corrected chi connectivity index (χ0v) is 33.2. The SMILES string of the molecule is CCCCCCc1c(-c2ccc(C(C)(C)C)cc2)c(CC)nn1-c1cccc(Oc2ccc3c4ccccc4n(-c4cc(OC(C)(C)C)ccn4)c3c2)c1. The number of ether oxygens (including phenoxy) is 2. The van der Waals surface area contributed by atoms with E-state index in [0.717, 1.165) is 75.5 Å². The van der Waals surface area contributed by atoms with Crippen LogP contribution >= 0.6 is 0 Å². The molecule has 0 N–H and O–H groups in total. The number of hydrogen-bond donors (Lipinski definition) is 0. The molecule has 0 bridgehead atoms. The summed E-state index contributed by atoms with van der Waals surface area (Å²) in [5.74, 6) is 3.08. The van der Waals surface area contributed by atoms with Crippen LogP contribution in [0, 0.1) is 0 Å². The first kappa shape index (κ1) is 37.0. The minimum atomic E-state index is -0.321. The minimum absolute atomic E-state index is 0.101. The average molecular weight is 719 g/mol. The monoisotopic (exact) mass is 718 g/mol. The van der Waals surface area contributed by atoms with E-state index in [2.05, 4.69) is 150 Å². The highest BCUT2D eigenvalue weighted by molar-refractivity contribution is 6.09. The fourth-order valence-electron chi connectivity index (χ4n) is 7.40. The van der Waals surface area contributed by atoms with Gasteiger partial charge in [-0.3, -0.25) is 4.57 Å². The van der Waals surface area contributed by atoms with Gasteiger partial charge in [-0.25, -0.2) is 9.67 Å². The molecule has 7 aromatic rings. The van der Waals surface area contributed by atoms with E-state index in [1.54, 1.807) is 0 Å². The molecule has 0 spiro atoms. The summed E-state index contributed by atoms with van der Waals surface area (Å²) in [6.45, 7) is 17.4. The fourth-order valence-corrected chi connectivity index (χ4v) is 7.40. The number of benzene rings is 4. The summed E-state index contributed by atoms with van der Waals surface area (Å²) < 4.78 is 17.3. The number of aryl methyl sites for hydroxylation is 1. The Bertz CT molecular complexity index is 2390. The van der Waals surface area contributed by atoms with E-state index < -0.39 is 0 Å². The van der Waals surface area contributed by atoms with Crippen molar-refractivity contribution in [1.29, 1.82) is 0 Å². The first-order valence-electron chi connectivity index (χ1n) is 19.6. The number of nitrogens with zero attached hydrogens (tertiary/aromatic N) is 4. The van der Waals surface area contributed by atoms with Crippen LogP contribution in [0.3, 0.4) is 0 Å². The highest BCUT2D eigenvalue weighted by Gasteiger charge is 2.22. The molecule has 0 aliphatic rings. The van der Waals surface area contributed by atoms with Crippen LogP contribution in [0.1, 0.15) is 98.0 Å². The summed E-state index contributed by atoms with van der Waals surface area (Å²) in [6, 6.07) is 36.2. The molecule has 0 saturated carbocycles. The summed E-state index contributed by atoms with van der Waals surface area (Å²) >= 11 is 0. The Kier molecular flexibility index (Phi) is 10.4. The number of aromatic nitrogens is 4. The highest BCUT2D eigenvalue weighted by atomic mass is 16.5. The largest absolute Gasteiger partial charge is 0.488 e. The predicted molar refractivity (Wildman–Crippen MR) is 224 cm³/mol. The maximum Gasteiger partial charge on any atom is 0.141 e. The maximum atomic E-state index is 6.67. The molecule has 3 aromatic heterocycles. The quantitative estimate of drug-likeness (QED) is 0.118. The van der Waals surface area contributed by atoms with Gasteiger partial charge in [-0.15, -0.1) is 0 Å². The summed E-state index contributed by atoms with van der Waals surface area (Å²) in [5, 5.41) is 7.57. The number of pyridine rings is 1. The molecule has 0 unspecified atom stereocenters. The zero-order chi connectivity index (χ0) is 38.0. The molecule has 0 fully saturated rings. The molecule has 6 heteroatoms. The van der Waals surface area contributed by atoms with Gasteiger partial charge in [0.15, 0.2) is 0 Å². The summed E-state index contributed by atoms with van der Waals surface area (Å²) in [4.78, 5) is 4.80. The van der Waals surface area contributed by atoms with Gasteiger partial charge in [0, 0.05) is 40.7 Å². The Hall–Kier alpha value is -5.36. The van der Waals surface area contributed by atoms with E-state index >= 15 is 0 Å². The van der Waals surface area contributed by atoms with E-state index in [1.807, 2.05) is 24.4 Å². The van der Waals surface area contributed by atoms with Gasteiger partial charge < -0.3 is 9.47 Å². The second-order valence-electron chi connectivity index (χ2n) is 16.4. The average Bonchev–Trinajstić information content (AvgIpc) is 3.68. The lowest BCUT2D eigenvalue weighted by atomic mass is 9.86. The van der Waals surface area contributed by atoms with E-state index in [0.29, 0.717) is 0 Å². The van der Waals surface area contributed by atoms with Crippen molar-refractivity contribution >= 4 is 21.8 Å². The van der Waals surface area contributed by atoms with Gasteiger partial charge in [0.25, 0.3) is 0 Å². The molecule has 0 amide bonds. The molecule has 54 heavy (non-hydrogen) atoms. The van der Waals surface area contributed by atoms with Crippen LogP contribution < -0.4 is 9.47 Å². The van der Waals surface area contributed by atoms with Crippen molar-refractivity contribution in [2.24, 2.45) is 0 Å². The van der Waals surface area contributed by atoms with Crippen LogP contribution in [-0.4, -0.2) is 24.9 Å². The molecule has 0 aliphatic carbocycles. The third kappa shape index (κ3) is 7.79. The van der Waals surface area contributed by atoms with Crippen molar-refractivity contribution in [2.45, 2.75) is 105 Å². The lowest BCUT2D eigenvalue weighted by molar-refractivity contribution is 0.131. The summed E-state index contributed by atoms with van der Waals surface area (Å²) in [6.07, 6.45) is 8.41. The summed E-state index contributed by atoms with van der Waals surface area (Å²) in [7, 11) is 0. The van der Waals surface area contributed by atoms with Crippen molar-refractivity contribution < 1.29 is 9.47 Å². The number of fused-ring (bicyclic) bond motifs is 3. The number of rotatable bonds is 12. The lowest BCUT2D eigenvalue weighted by Gasteiger charge is -2.21. The zero-order valence-electron chi connectivity index (χ0n) is 33.2. The van der Waals surface area contributed by atoms with Crippen LogP contribution in [0.5, 0.6) is 17.2 Å². The Balaban J connectivity index is 1.27. The van der Waals surface area contributed by atoms with Gasteiger partial charge in [-0.05, 0) is 93.0 Å². The summed E-state index contributed by atoms with van der Waals surface area (Å²) in [5.41, 5.74) is 9.10. The highest BCUT2D eigenvalue weighted by Crippen LogP contribution is 2.37. The molecule has 7 rings (SSSR count). The Morgan fingerprint density at radius 2 is 1.43 bits per heavy atom. The van der Waals surface area contributed by atoms with E-state index in [1.165, 1.54) is 41.6 Å². The lowest BCUT2D eigenvalue weighted by Crippen LogP contribution is -2.23. The third-order valence-electron chi connectivity index (χ3n) is 10.0. The molecular formula is C48H54N4O2. The maximum absolute atomic E-state index is 6.67.